The van der Waals surface area contributed by atoms with Gasteiger partial charge in [-0.25, -0.2) is 0 Å². The van der Waals surface area contributed by atoms with E-state index < -0.39 is 0 Å². The van der Waals surface area contributed by atoms with Crippen LogP contribution >= 0.6 is 11.8 Å². The molecule has 1 amide bonds. The number of nitrogens with one attached hydrogen (secondary N) is 1. The number of thioether (sulfide) groups is 1. The molecule has 1 saturated heterocycles. The highest BCUT2D eigenvalue weighted by Gasteiger charge is 2.39. The zero-order valence-corrected chi connectivity index (χ0v) is 13.9. The van der Waals surface area contributed by atoms with Crippen molar-refractivity contribution in [2.75, 3.05) is 19.9 Å². The first-order chi connectivity index (χ1) is 10.1. The van der Waals surface area contributed by atoms with E-state index in [4.69, 9.17) is 4.74 Å². The van der Waals surface area contributed by atoms with E-state index in [1.54, 1.807) is 18.9 Å². The molecule has 0 saturated carbocycles. The molecule has 1 aliphatic rings. The number of nitrogens with zero attached hydrogens (tertiary/aromatic N) is 1. The Labute approximate surface area is 131 Å². The second kappa shape index (κ2) is 7.18. The van der Waals surface area contributed by atoms with Crippen LogP contribution in [0.25, 0.3) is 0 Å². The molecule has 1 aromatic rings. The van der Waals surface area contributed by atoms with E-state index in [9.17, 15) is 4.79 Å². The Morgan fingerprint density at radius 1 is 1.48 bits per heavy atom. The highest BCUT2D eigenvalue weighted by atomic mass is 32.2. The standard InChI is InChI=1S/C16H24N2O2S/c1-5-14-16(19)18(10-11(2)21-4)15(17-14)12-7-6-8-13(9-12)20-3/h6-9,11,14-15,17H,5,10H2,1-4H3. The molecule has 0 aromatic heterocycles. The Kier molecular flexibility index (Phi) is 5.53. The van der Waals surface area contributed by atoms with E-state index in [2.05, 4.69) is 18.5 Å². The van der Waals surface area contributed by atoms with Crippen LogP contribution < -0.4 is 10.1 Å². The summed E-state index contributed by atoms with van der Waals surface area (Å²) in [6, 6.07) is 7.85. The Morgan fingerprint density at radius 3 is 2.86 bits per heavy atom. The van der Waals surface area contributed by atoms with Gasteiger partial charge in [0.05, 0.1) is 13.2 Å². The molecule has 1 N–H and O–H groups in total. The van der Waals surface area contributed by atoms with E-state index >= 15 is 0 Å². The second-order valence-corrected chi connectivity index (χ2v) is 6.62. The first kappa shape index (κ1) is 16.2. The summed E-state index contributed by atoms with van der Waals surface area (Å²) >= 11 is 1.78. The number of carbonyl (C=O) groups excluding carboxylic acids is 1. The summed E-state index contributed by atoms with van der Waals surface area (Å²) in [7, 11) is 1.66. The van der Waals surface area contributed by atoms with Crippen LogP contribution in [0.5, 0.6) is 5.75 Å². The lowest BCUT2D eigenvalue weighted by molar-refractivity contribution is -0.130. The normalized spacial score (nSPS) is 23.4. The van der Waals surface area contributed by atoms with Crippen LogP contribution in [-0.4, -0.2) is 42.0 Å². The van der Waals surface area contributed by atoms with Gasteiger partial charge in [0.25, 0.3) is 0 Å². The van der Waals surface area contributed by atoms with Gasteiger partial charge in [-0.15, -0.1) is 0 Å². The third-order valence-electron chi connectivity index (χ3n) is 3.93. The highest BCUT2D eigenvalue weighted by molar-refractivity contribution is 7.99. The van der Waals surface area contributed by atoms with Gasteiger partial charge in [0.2, 0.25) is 5.91 Å². The van der Waals surface area contributed by atoms with Crippen LogP contribution in [0.15, 0.2) is 24.3 Å². The van der Waals surface area contributed by atoms with Crippen molar-refractivity contribution in [1.82, 2.24) is 10.2 Å². The summed E-state index contributed by atoms with van der Waals surface area (Å²) in [6.45, 7) is 4.95. The van der Waals surface area contributed by atoms with Crippen LogP contribution in [-0.2, 0) is 4.79 Å². The molecule has 0 bridgehead atoms. The molecule has 0 aliphatic carbocycles. The van der Waals surface area contributed by atoms with Crippen molar-refractivity contribution in [2.24, 2.45) is 0 Å². The fraction of sp³-hybridized carbons (Fsp3) is 0.562. The molecule has 0 radical (unpaired) electrons. The van der Waals surface area contributed by atoms with E-state index in [0.717, 1.165) is 24.3 Å². The second-order valence-electron chi connectivity index (χ2n) is 5.34. The van der Waals surface area contributed by atoms with Gasteiger partial charge in [0.1, 0.15) is 11.9 Å². The fourth-order valence-corrected chi connectivity index (χ4v) is 2.92. The monoisotopic (exact) mass is 308 g/mol. The van der Waals surface area contributed by atoms with E-state index in [0.29, 0.717) is 5.25 Å². The lowest BCUT2D eigenvalue weighted by Gasteiger charge is -2.27. The Morgan fingerprint density at radius 2 is 2.24 bits per heavy atom. The topological polar surface area (TPSA) is 41.6 Å². The maximum absolute atomic E-state index is 12.5. The molecule has 1 heterocycles. The van der Waals surface area contributed by atoms with Crippen LogP contribution in [0.3, 0.4) is 0 Å². The van der Waals surface area contributed by atoms with Gasteiger partial charge in [0.15, 0.2) is 0 Å². The van der Waals surface area contributed by atoms with Crippen molar-refractivity contribution in [3.63, 3.8) is 0 Å². The first-order valence-corrected chi connectivity index (χ1v) is 8.62. The third-order valence-corrected chi connectivity index (χ3v) is 4.88. The molecule has 116 valence electrons. The van der Waals surface area contributed by atoms with Gasteiger partial charge in [-0.2, -0.15) is 11.8 Å². The summed E-state index contributed by atoms with van der Waals surface area (Å²) < 4.78 is 5.30. The van der Waals surface area contributed by atoms with E-state index in [1.165, 1.54) is 0 Å². The van der Waals surface area contributed by atoms with E-state index in [1.807, 2.05) is 36.1 Å². The number of amides is 1. The fourth-order valence-electron chi connectivity index (χ4n) is 2.61. The highest BCUT2D eigenvalue weighted by Crippen LogP contribution is 2.29. The molecule has 4 nitrogen and oxygen atoms in total. The van der Waals surface area contributed by atoms with Gasteiger partial charge in [-0.05, 0) is 30.4 Å². The van der Waals surface area contributed by atoms with Crippen molar-refractivity contribution in [3.05, 3.63) is 29.8 Å². The van der Waals surface area contributed by atoms with Gasteiger partial charge < -0.3 is 9.64 Å². The van der Waals surface area contributed by atoms with Crippen molar-refractivity contribution in [1.29, 1.82) is 0 Å². The number of carbonyl (C=O) groups is 1. The Bertz CT molecular complexity index is 495. The molecular formula is C16H24N2O2S. The number of rotatable bonds is 6. The van der Waals surface area contributed by atoms with Crippen LogP contribution in [0.4, 0.5) is 0 Å². The molecule has 2 rings (SSSR count). The number of ether oxygens (including phenoxy) is 1. The van der Waals surface area contributed by atoms with Crippen LogP contribution in [0.2, 0.25) is 0 Å². The maximum Gasteiger partial charge on any atom is 0.241 e. The Balaban J connectivity index is 2.27. The minimum absolute atomic E-state index is 0.0628. The number of benzene rings is 1. The average Bonchev–Trinajstić information content (AvgIpc) is 2.83. The SMILES string of the molecule is CCC1NC(c2cccc(OC)c2)N(CC(C)SC)C1=O. The van der Waals surface area contributed by atoms with Crippen molar-refractivity contribution in [3.8, 4) is 5.75 Å². The molecule has 3 atom stereocenters. The maximum atomic E-state index is 12.5. The smallest absolute Gasteiger partial charge is 0.241 e. The lowest BCUT2D eigenvalue weighted by atomic mass is 10.1. The summed E-state index contributed by atoms with van der Waals surface area (Å²) in [4.78, 5) is 14.5. The average molecular weight is 308 g/mol. The summed E-state index contributed by atoms with van der Waals surface area (Å²) in [5.41, 5.74) is 1.08. The summed E-state index contributed by atoms with van der Waals surface area (Å²) in [5.74, 6) is 1.02. The zero-order chi connectivity index (χ0) is 15.4. The summed E-state index contributed by atoms with van der Waals surface area (Å²) in [5, 5.41) is 3.87. The van der Waals surface area contributed by atoms with E-state index in [-0.39, 0.29) is 18.1 Å². The molecule has 1 aliphatic heterocycles. The minimum atomic E-state index is -0.0877. The van der Waals surface area contributed by atoms with Gasteiger partial charge in [0, 0.05) is 11.8 Å². The molecular weight excluding hydrogens is 284 g/mol. The van der Waals surface area contributed by atoms with Crippen molar-refractivity contribution in [2.45, 2.75) is 37.7 Å². The quantitative estimate of drug-likeness (QED) is 0.877. The first-order valence-electron chi connectivity index (χ1n) is 7.34. The zero-order valence-electron chi connectivity index (χ0n) is 13.1. The number of hydrogen-bond donors (Lipinski definition) is 1. The van der Waals surface area contributed by atoms with Crippen molar-refractivity contribution >= 4 is 17.7 Å². The minimum Gasteiger partial charge on any atom is -0.497 e. The lowest BCUT2D eigenvalue weighted by Crippen LogP contribution is -2.35. The molecule has 3 unspecified atom stereocenters. The molecule has 1 aromatic carbocycles. The molecule has 5 heteroatoms. The third kappa shape index (κ3) is 3.52. The van der Waals surface area contributed by atoms with Crippen LogP contribution in [0.1, 0.15) is 32.0 Å². The Hall–Kier alpha value is -1.20. The predicted octanol–water partition coefficient (Wildman–Crippen LogP) is 2.66. The molecule has 1 fully saturated rings. The molecule has 21 heavy (non-hydrogen) atoms. The van der Waals surface area contributed by atoms with Crippen molar-refractivity contribution < 1.29 is 9.53 Å². The van der Waals surface area contributed by atoms with Crippen LogP contribution in [0, 0.1) is 0 Å². The van der Waals surface area contributed by atoms with Gasteiger partial charge in [-0.3, -0.25) is 10.1 Å². The largest absolute Gasteiger partial charge is 0.497 e. The summed E-state index contributed by atoms with van der Waals surface area (Å²) in [6.07, 6.45) is 2.83. The molecule has 0 spiro atoms. The predicted molar refractivity (Wildman–Crippen MR) is 87.6 cm³/mol. The number of hydrogen-bond acceptors (Lipinski definition) is 4. The van der Waals surface area contributed by atoms with Gasteiger partial charge in [-0.1, -0.05) is 26.0 Å². The van der Waals surface area contributed by atoms with Gasteiger partial charge >= 0.3 is 0 Å². The number of methoxy groups -OCH3 is 1.